The van der Waals surface area contributed by atoms with Crippen molar-refractivity contribution >= 4 is 12.0 Å². The fourth-order valence-corrected chi connectivity index (χ4v) is 1.11. The molecule has 0 bridgehead atoms. The van der Waals surface area contributed by atoms with E-state index >= 15 is 0 Å². The molecule has 3 N–H and O–H groups in total. The van der Waals surface area contributed by atoms with Crippen molar-refractivity contribution in [2.24, 2.45) is 5.92 Å². The van der Waals surface area contributed by atoms with Crippen LogP contribution in [0.4, 0.5) is 4.79 Å². The molecule has 0 saturated heterocycles. The van der Waals surface area contributed by atoms with E-state index in [1.807, 2.05) is 6.07 Å². The SMILES string of the molecule is CC(C#N)CN(C)C(=O)NCCC(O)C(=O)O. The molecule has 0 rings (SSSR count). The Morgan fingerprint density at radius 3 is 2.59 bits per heavy atom. The standard InChI is InChI=1S/C10H17N3O4/c1-7(5-11)6-13(2)10(17)12-4-3-8(14)9(15)16/h7-8,14H,3-4,6H2,1-2H3,(H,12,17)(H,15,16). The number of carboxylic acid groups (broad SMARTS) is 1. The normalized spacial score (nSPS) is 13.3. The summed E-state index contributed by atoms with van der Waals surface area (Å²) < 4.78 is 0. The van der Waals surface area contributed by atoms with Gasteiger partial charge in [0.25, 0.3) is 0 Å². The molecule has 0 saturated carbocycles. The summed E-state index contributed by atoms with van der Waals surface area (Å²) in [5.41, 5.74) is 0. The molecule has 0 fully saturated rings. The first-order chi connectivity index (χ1) is 7.88. The number of amides is 2. The number of carbonyl (C=O) groups is 2. The highest BCUT2D eigenvalue weighted by Gasteiger charge is 2.15. The molecule has 0 heterocycles. The molecule has 0 aliphatic heterocycles. The maximum atomic E-state index is 11.4. The van der Waals surface area contributed by atoms with Gasteiger partial charge in [0.15, 0.2) is 6.10 Å². The Labute approximate surface area is 99.6 Å². The number of aliphatic hydroxyl groups is 1. The van der Waals surface area contributed by atoms with Crippen molar-refractivity contribution in [2.75, 3.05) is 20.1 Å². The lowest BCUT2D eigenvalue weighted by molar-refractivity contribution is -0.146. The Kier molecular flexibility index (Phi) is 6.67. The van der Waals surface area contributed by atoms with E-state index in [0.29, 0.717) is 6.54 Å². The summed E-state index contributed by atoms with van der Waals surface area (Å²) in [6.07, 6.45) is -1.53. The average molecular weight is 243 g/mol. The number of aliphatic hydroxyl groups excluding tert-OH is 1. The Hall–Kier alpha value is -1.81. The summed E-state index contributed by atoms with van der Waals surface area (Å²) in [4.78, 5) is 23.0. The van der Waals surface area contributed by atoms with Crippen LogP contribution in [0.2, 0.25) is 0 Å². The zero-order chi connectivity index (χ0) is 13.4. The molecule has 0 aromatic carbocycles. The zero-order valence-electron chi connectivity index (χ0n) is 9.88. The number of nitrogens with zero attached hydrogens (tertiary/aromatic N) is 2. The van der Waals surface area contributed by atoms with E-state index in [0.717, 1.165) is 0 Å². The van der Waals surface area contributed by atoms with Gasteiger partial charge < -0.3 is 20.4 Å². The largest absolute Gasteiger partial charge is 0.479 e. The highest BCUT2D eigenvalue weighted by Crippen LogP contribution is 1.96. The van der Waals surface area contributed by atoms with E-state index in [-0.39, 0.29) is 18.9 Å². The van der Waals surface area contributed by atoms with Crippen LogP contribution < -0.4 is 5.32 Å². The fraction of sp³-hybridized carbons (Fsp3) is 0.700. The van der Waals surface area contributed by atoms with Crippen LogP contribution in [-0.4, -0.2) is 53.4 Å². The number of hydrogen-bond donors (Lipinski definition) is 3. The lowest BCUT2D eigenvalue weighted by Gasteiger charge is -2.19. The van der Waals surface area contributed by atoms with Crippen molar-refractivity contribution in [1.29, 1.82) is 5.26 Å². The third-order valence-electron chi connectivity index (χ3n) is 2.09. The van der Waals surface area contributed by atoms with Crippen molar-refractivity contribution < 1.29 is 19.8 Å². The van der Waals surface area contributed by atoms with Gasteiger partial charge in [-0.05, 0) is 6.92 Å². The first kappa shape index (κ1) is 15.2. The monoisotopic (exact) mass is 243 g/mol. The number of carbonyl (C=O) groups excluding carboxylic acids is 1. The van der Waals surface area contributed by atoms with Gasteiger partial charge in [-0.3, -0.25) is 0 Å². The van der Waals surface area contributed by atoms with Crippen molar-refractivity contribution in [3.8, 4) is 6.07 Å². The molecule has 0 aromatic heterocycles. The molecule has 7 heteroatoms. The Balaban J connectivity index is 3.87. The summed E-state index contributed by atoms with van der Waals surface area (Å²) >= 11 is 0. The van der Waals surface area contributed by atoms with Crippen molar-refractivity contribution in [2.45, 2.75) is 19.4 Å². The fourth-order valence-electron chi connectivity index (χ4n) is 1.11. The van der Waals surface area contributed by atoms with E-state index in [4.69, 9.17) is 15.5 Å². The van der Waals surface area contributed by atoms with Crippen LogP contribution in [0.25, 0.3) is 0 Å². The predicted molar refractivity (Wildman–Crippen MR) is 59.1 cm³/mol. The van der Waals surface area contributed by atoms with E-state index in [1.54, 1.807) is 6.92 Å². The smallest absolute Gasteiger partial charge is 0.332 e. The summed E-state index contributed by atoms with van der Waals surface area (Å²) in [7, 11) is 1.54. The molecule has 17 heavy (non-hydrogen) atoms. The van der Waals surface area contributed by atoms with Gasteiger partial charge in [-0.15, -0.1) is 0 Å². The van der Waals surface area contributed by atoms with Crippen LogP contribution in [0, 0.1) is 17.2 Å². The third kappa shape index (κ3) is 6.37. The van der Waals surface area contributed by atoms with Crippen LogP contribution in [-0.2, 0) is 4.79 Å². The van der Waals surface area contributed by atoms with Gasteiger partial charge in [0.1, 0.15) is 0 Å². The average Bonchev–Trinajstić information content (AvgIpc) is 2.28. The minimum atomic E-state index is -1.47. The molecule has 0 aliphatic rings. The second kappa shape index (κ2) is 7.46. The Morgan fingerprint density at radius 1 is 1.53 bits per heavy atom. The molecule has 0 aromatic rings. The molecule has 96 valence electrons. The van der Waals surface area contributed by atoms with Gasteiger partial charge in [0.2, 0.25) is 0 Å². The highest BCUT2D eigenvalue weighted by molar-refractivity contribution is 5.74. The van der Waals surface area contributed by atoms with Gasteiger partial charge in [-0.1, -0.05) is 0 Å². The molecular weight excluding hydrogens is 226 g/mol. The predicted octanol–water partition coefficient (Wildman–Crippen LogP) is -0.377. The summed E-state index contributed by atoms with van der Waals surface area (Å²) in [5.74, 6) is -1.58. The van der Waals surface area contributed by atoms with Crippen molar-refractivity contribution in [1.82, 2.24) is 10.2 Å². The van der Waals surface area contributed by atoms with E-state index in [1.165, 1.54) is 11.9 Å². The summed E-state index contributed by atoms with van der Waals surface area (Å²) in [6, 6.07) is 1.60. The molecule has 0 aliphatic carbocycles. The molecule has 7 nitrogen and oxygen atoms in total. The molecule has 2 atom stereocenters. The topological polar surface area (TPSA) is 114 Å². The summed E-state index contributed by atoms with van der Waals surface area (Å²) in [6.45, 7) is 2.05. The van der Waals surface area contributed by atoms with E-state index in [9.17, 15) is 9.59 Å². The zero-order valence-corrected chi connectivity index (χ0v) is 9.88. The lowest BCUT2D eigenvalue weighted by atomic mass is 10.2. The van der Waals surface area contributed by atoms with Crippen LogP contribution in [0.3, 0.4) is 0 Å². The van der Waals surface area contributed by atoms with E-state index in [2.05, 4.69) is 5.32 Å². The van der Waals surface area contributed by atoms with Gasteiger partial charge in [-0.25, -0.2) is 9.59 Å². The number of hydrogen-bond acceptors (Lipinski definition) is 4. The number of urea groups is 1. The van der Waals surface area contributed by atoms with Gasteiger partial charge in [0, 0.05) is 26.6 Å². The highest BCUT2D eigenvalue weighted by atomic mass is 16.4. The first-order valence-corrected chi connectivity index (χ1v) is 5.18. The number of nitrogens with one attached hydrogen (secondary N) is 1. The number of aliphatic carboxylic acids is 1. The van der Waals surface area contributed by atoms with Gasteiger partial charge in [0.05, 0.1) is 12.0 Å². The maximum Gasteiger partial charge on any atom is 0.332 e. The Bertz CT molecular complexity index is 313. The van der Waals surface area contributed by atoms with Crippen LogP contribution >= 0.6 is 0 Å². The second-order valence-corrected chi connectivity index (χ2v) is 3.79. The van der Waals surface area contributed by atoms with Crippen LogP contribution in [0.15, 0.2) is 0 Å². The van der Waals surface area contributed by atoms with Gasteiger partial charge in [-0.2, -0.15) is 5.26 Å². The third-order valence-corrected chi connectivity index (χ3v) is 2.09. The molecule has 2 amide bonds. The van der Waals surface area contributed by atoms with Gasteiger partial charge >= 0.3 is 12.0 Å². The molecule has 2 unspecified atom stereocenters. The molecule has 0 radical (unpaired) electrons. The molecular formula is C10H17N3O4. The molecule has 0 spiro atoms. The number of rotatable bonds is 6. The van der Waals surface area contributed by atoms with Crippen LogP contribution in [0.5, 0.6) is 0 Å². The minimum absolute atomic E-state index is 0.0529. The summed E-state index contributed by atoms with van der Waals surface area (Å²) in [5, 5.41) is 28.4. The van der Waals surface area contributed by atoms with Crippen molar-refractivity contribution in [3.05, 3.63) is 0 Å². The maximum absolute atomic E-state index is 11.4. The first-order valence-electron chi connectivity index (χ1n) is 5.18. The van der Waals surface area contributed by atoms with E-state index < -0.39 is 18.1 Å². The van der Waals surface area contributed by atoms with Crippen LogP contribution in [0.1, 0.15) is 13.3 Å². The lowest BCUT2D eigenvalue weighted by Crippen LogP contribution is -2.40. The number of nitriles is 1. The number of carboxylic acids is 1. The second-order valence-electron chi connectivity index (χ2n) is 3.79. The quantitative estimate of drug-likeness (QED) is 0.588. The van der Waals surface area contributed by atoms with Crippen molar-refractivity contribution in [3.63, 3.8) is 0 Å². The Morgan fingerprint density at radius 2 is 2.12 bits per heavy atom. The minimum Gasteiger partial charge on any atom is -0.479 e.